The maximum Gasteiger partial charge on any atom is 0.433 e. The van der Waals surface area contributed by atoms with Crippen molar-refractivity contribution >= 4 is 48.3 Å². The van der Waals surface area contributed by atoms with Gasteiger partial charge >= 0.3 is 12.4 Å². The molecule has 2 aliphatic carbocycles. The summed E-state index contributed by atoms with van der Waals surface area (Å²) in [7, 11) is -6.23. The topological polar surface area (TPSA) is 277 Å². The minimum Gasteiger partial charge on any atom is -0.474 e. The number of likely N-dealkylation sites (tertiary alicyclic amines) is 2. The van der Waals surface area contributed by atoms with E-state index in [1.165, 1.54) is 12.1 Å². The van der Waals surface area contributed by atoms with Crippen molar-refractivity contribution in [2.45, 2.75) is 190 Å². The molecule has 2 saturated heterocycles. The van der Waals surface area contributed by atoms with Crippen LogP contribution in [0, 0.1) is 22.7 Å². The first kappa shape index (κ1) is 73.5. The number of alkyl halides is 6. The van der Waals surface area contributed by atoms with Gasteiger partial charge in [-0.25, -0.2) is 29.9 Å². The van der Waals surface area contributed by atoms with Crippen LogP contribution in [0.2, 0.25) is 51.4 Å². The van der Waals surface area contributed by atoms with Crippen LogP contribution in [0.3, 0.4) is 0 Å². The summed E-state index contributed by atoms with van der Waals surface area (Å²) >= 11 is 0. The van der Waals surface area contributed by atoms with Gasteiger partial charge in [-0.3, -0.25) is 23.3 Å². The molecule has 0 unspecified atom stereocenters. The van der Waals surface area contributed by atoms with Crippen molar-refractivity contribution in [3.05, 3.63) is 109 Å². The molecule has 4 fully saturated rings. The number of rotatable bonds is 26. The summed E-state index contributed by atoms with van der Waals surface area (Å²) in [5.41, 5.74) is 1.64. The van der Waals surface area contributed by atoms with Crippen molar-refractivity contribution in [3.8, 4) is 46.4 Å². The minimum atomic E-state index is -4.74. The highest BCUT2D eigenvalue weighted by Crippen LogP contribution is 2.42. The maximum absolute atomic E-state index is 13.5. The Balaban J connectivity index is 0.000000202. The Morgan fingerprint density at radius 1 is 0.610 bits per heavy atom. The van der Waals surface area contributed by atoms with Crippen molar-refractivity contribution in [3.63, 3.8) is 0 Å². The lowest BCUT2D eigenvalue weighted by Crippen LogP contribution is -2.65. The van der Waals surface area contributed by atoms with Crippen molar-refractivity contribution in [1.29, 1.82) is 10.5 Å². The predicted octanol–water partition coefficient (Wildman–Crippen LogP) is 11.6. The summed E-state index contributed by atoms with van der Waals surface area (Å²) in [5, 5.41) is 40.2. The highest BCUT2D eigenvalue weighted by Gasteiger charge is 2.50. The molecule has 24 nitrogen and oxygen atoms in total. The van der Waals surface area contributed by atoms with Gasteiger partial charge in [-0.05, 0) is 98.8 Å². The fourth-order valence-electron chi connectivity index (χ4n) is 13.4. The van der Waals surface area contributed by atoms with Crippen molar-refractivity contribution in [2.24, 2.45) is 0 Å². The molecule has 12 rings (SSSR count). The van der Waals surface area contributed by atoms with E-state index in [2.05, 4.69) is 91.1 Å². The summed E-state index contributed by atoms with van der Waals surface area (Å²) in [4.78, 5) is 30.2. The number of aromatic nitrogens is 12. The van der Waals surface area contributed by atoms with Crippen LogP contribution in [0.4, 0.5) is 26.3 Å². The molecule has 536 valence electrons. The number of fused-ring (bicyclic) bond motifs is 2. The lowest BCUT2D eigenvalue weighted by Gasteiger charge is -2.53. The van der Waals surface area contributed by atoms with E-state index in [4.69, 9.17) is 33.3 Å². The predicted molar refractivity (Wildman–Crippen MR) is 363 cm³/mol. The number of aliphatic hydroxyl groups excluding tert-OH is 1. The maximum atomic E-state index is 13.5. The van der Waals surface area contributed by atoms with Gasteiger partial charge in [0.2, 0.25) is 11.8 Å². The number of pyridine rings is 2. The molecule has 8 aromatic rings. The first-order chi connectivity index (χ1) is 47.4. The normalized spacial score (nSPS) is 19.9. The number of hydrogen-bond donors (Lipinski definition) is 1. The van der Waals surface area contributed by atoms with E-state index in [0.29, 0.717) is 78.4 Å². The molecule has 33 heteroatoms. The van der Waals surface area contributed by atoms with Gasteiger partial charge in [0.05, 0.1) is 68.2 Å². The molecule has 0 aromatic carbocycles. The lowest BCUT2D eigenvalue weighted by molar-refractivity contribution is -0.142. The van der Waals surface area contributed by atoms with E-state index in [9.17, 15) is 50.4 Å². The first-order valence-corrected chi connectivity index (χ1v) is 42.7. The third-order valence-corrected chi connectivity index (χ3v) is 22.8. The van der Waals surface area contributed by atoms with Crippen LogP contribution < -0.4 is 9.47 Å². The number of nitriles is 2. The molecule has 0 amide bonds. The van der Waals surface area contributed by atoms with Crippen LogP contribution in [0.5, 0.6) is 11.8 Å². The number of hydrogen-bond acceptors (Lipinski definition) is 20. The molecule has 100 heavy (non-hydrogen) atoms. The molecular formula is C67H84F6N16O8SSi2. The van der Waals surface area contributed by atoms with E-state index < -0.39 is 74.3 Å². The molecule has 1 N–H and O–H groups in total. The Morgan fingerprint density at radius 3 is 1.40 bits per heavy atom. The van der Waals surface area contributed by atoms with Gasteiger partial charge in [-0.1, -0.05) is 39.3 Å². The SMILES string of the molecule is C[Si](C)(C)CCOCn1ccc2c(-c3cnn(C4(CC#N)CN([C@H]5CC[C@@H](Oc6cc(CO)cc(C(F)(F)F)n6)CC5)C4)c3)ncnc21.C[Si](C)(C)CCOCn1ccc2c(-c3cnn(C4(CC#N)CN([C@H]5CC[C@@H](Oc6cc(COS(C)(=O)=O)cc(C(F)(F)F)n6)CC5)C4)c3)ncnc21. The zero-order valence-corrected chi connectivity index (χ0v) is 59.9. The van der Waals surface area contributed by atoms with Crippen LogP contribution in [0.1, 0.15) is 86.7 Å². The van der Waals surface area contributed by atoms with E-state index >= 15 is 0 Å². The second-order valence-electron chi connectivity index (χ2n) is 29.1. The fraction of sp³-hybridized carbons (Fsp3) is 0.552. The average molecular weight is 1440 g/mol. The summed E-state index contributed by atoms with van der Waals surface area (Å²) in [6, 6.07) is 15.6. The Hall–Kier alpha value is -7.74. The number of aliphatic hydroxyl groups is 1. The quantitative estimate of drug-likeness (QED) is 0.0228. The van der Waals surface area contributed by atoms with Crippen molar-refractivity contribution in [1.82, 2.24) is 68.4 Å². The van der Waals surface area contributed by atoms with Gasteiger partial charge in [0, 0.05) is 126 Å². The van der Waals surface area contributed by atoms with E-state index in [0.717, 1.165) is 107 Å². The summed E-state index contributed by atoms with van der Waals surface area (Å²) in [6.07, 6.45) is 11.5. The number of ether oxygens (including phenoxy) is 4. The lowest BCUT2D eigenvalue weighted by atomic mass is 9.82. The molecule has 8 aromatic heterocycles. The average Bonchev–Trinajstić information content (AvgIpc) is 1.00. The van der Waals surface area contributed by atoms with Crippen LogP contribution in [0.15, 0.2) is 86.2 Å². The van der Waals surface area contributed by atoms with E-state index in [1.807, 2.05) is 55.4 Å². The number of halogens is 6. The fourth-order valence-corrected chi connectivity index (χ4v) is 15.2. The zero-order valence-electron chi connectivity index (χ0n) is 57.1. The largest absolute Gasteiger partial charge is 0.474 e. The third-order valence-electron chi connectivity index (χ3n) is 18.9. The standard InChI is InChI=1S/C34H43F3N8O5SSi.C33H41F3N8O3Si/c1-51(46,47)49-19-24-15-29(34(35,36)37)42-30(16-24)50-27-7-5-26(6-8-27)44-20-33(21-44,10-11-38)45-18-25(17-41-45)31-28-9-12-43(32(28)40-22-39-31)23-48-13-14-52(2,3)4;1-48(2,3)13-12-46-22-42-11-8-27-30(38-21-39-31(27)42)24-16-40-44(17-24)32(9-10-37)19-43(20-32)25-4-6-26(7-5-25)47-29-15-23(18-45)14-28(41-29)33(34,35)36/h9,12,15-18,22,26-27H,5-8,10,13-14,19-21,23H2,1-4H3;8,11,14-17,21,25-26,45H,4-7,9,12-13,18-20,22H2,1-3H3/t26-,27+;25-,26+. The molecule has 4 aliphatic rings. The van der Waals surface area contributed by atoms with Crippen LogP contribution in [0.25, 0.3) is 44.6 Å². The summed E-state index contributed by atoms with van der Waals surface area (Å²) in [6.45, 7) is 17.7. The van der Waals surface area contributed by atoms with Gasteiger partial charge in [-0.15, -0.1) is 0 Å². The first-order valence-electron chi connectivity index (χ1n) is 33.4. The number of nitrogens with zero attached hydrogens (tertiary/aromatic N) is 16. The van der Waals surface area contributed by atoms with Crippen LogP contribution in [-0.2, 0) is 73.9 Å². The summed E-state index contributed by atoms with van der Waals surface area (Å²) < 4.78 is 139. The smallest absolute Gasteiger partial charge is 0.433 e. The highest BCUT2D eigenvalue weighted by molar-refractivity contribution is 7.85. The monoisotopic (exact) mass is 1440 g/mol. The molecular weight excluding hydrogens is 1360 g/mol. The van der Waals surface area contributed by atoms with E-state index in [-0.39, 0.29) is 53.6 Å². The molecule has 2 aliphatic heterocycles. The second kappa shape index (κ2) is 30.1. The summed E-state index contributed by atoms with van der Waals surface area (Å²) in [5.74, 6) is -0.340. The van der Waals surface area contributed by atoms with Gasteiger partial charge in [-0.2, -0.15) is 55.5 Å². The molecule has 0 atom stereocenters. The second-order valence-corrected chi connectivity index (χ2v) is 42.0. The zero-order chi connectivity index (χ0) is 71.4. The van der Waals surface area contributed by atoms with Gasteiger partial charge in [0.25, 0.3) is 10.1 Å². The van der Waals surface area contributed by atoms with Crippen molar-refractivity contribution in [2.75, 3.05) is 45.6 Å². The van der Waals surface area contributed by atoms with Gasteiger partial charge in [0.15, 0.2) is 0 Å². The molecule has 0 spiro atoms. The van der Waals surface area contributed by atoms with Gasteiger partial charge in [0.1, 0.15) is 72.1 Å². The van der Waals surface area contributed by atoms with Crippen molar-refractivity contribution < 1.29 is 63.0 Å². The molecule has 0 radical (unpaired) electrons. The third kappa shape index (κ3) is 17.9. The molecule has 2 saturated carbocycles. The van der Waals surface area contributed by atoms with Crippen LogP contribution >= 0.6 is 0 Å². The minimum absolute atomic E-state index is 0.00652. The Bertz CT molecular complexity index is 4340. The molecule has 0 bridgehead atoms. The Kier molecular flexibility index (Phi) is 22.1. The van der Waals surface area contributed by atoms with Crippen LogP contribution in [-0.4, -0.2) is 168 Å². The van der Waals surface area contributed by atoms with Gasteiger partial charge < -0.3 is 33.2 Å². The Labute approximate surface area is 578 Å². The highest BCUT2D eigenvalue weighted by atomic mass is 32.2. The van der Waals surface area contributed by atoms with E-state index in [1.54, 1.807) is 25.0 Å². The Morgan fingerprint density at radius 2 is 1.02 bits per heavy atom. The molecule has 10 heterocycles.